The van der Waals surface area contributed by atoms with Gasteiger partial charge in [-0.1, -0.05) is 29.8 Å². The number of nitrogens with one attached hydrogen (secondary N) is 2. The summed E-state index contributed by atoms with van der Waals surface area (Å²) in [7, 11) is 0. The van der Waals surface area contributed by atoms with Crippen molar-refractivity contribution in [3.05, 3.63) is 65.4 Å². The zero-order chi connectivity index (χ0) is 14.9. The summed E-state index contributed by atoms with van der Waals surface area (Å²) in [5, 5.41) is 2.10. The first-order valence-electron chi connectivity index (χ1n) is 7.67. The van der Waals surface area contributed by atoms with E-state index in [1.54, 1.807) is 0 Å². The van der Waals surface area contributed by atoms with Crippen LogP contribution in [-0.4, -0.2) is 6.61 Å². The van der Waals surface area contributed by atoms with Crippen molar-refractivity contribution >= 4 is 11.4 Å². The predicted molar refractivity (Wildman–Crippen MR) is 88.0 cm³/mol. The van der Waals surface area contributed by atoms with Gasteiger partial charge in [0, 0.05) is 5.56 Å². The molecule has 0 spiro atoms. The van der Waals surface area contributed by atoms with E-state index in [-0.39, 0.29) is 0 Å². The number of anilines is 1. The fourth-order valence-electron chi connectivity index (χ4n) is 2.94. The average molecular weight is 293 g/mol. The molecule has 0 unspecified atom stereocenters. The lowest BCUT2D eigenvalue weighted by molar-refractivity contribution is 0.307. The summed E-state index contributed by atoms with van der Waals surface area (Å²) in [5.41, 5.74) is 12.5. The average Bonchev–Trinajstić information content (AvgIpc) is 2.93. The van der Waals surface area contributed by atoms with E-state index >= 15 is 0 Å². The van der Waals surface area contributed by atoms with Crippen molar-refractivity contribution in [1.29, 1.82) is 0 Å². The third-order valence-corrected chi connectivity index (χ3v) is 4.09. The van der Waals surface area contributed by atoms with Crippen LogP contribution in [0.2, 0.25) is 0 Å². The second-order valence-electron chi connectivity index (χ2n) is 5.68. The summed E-state index contributed by atoms with van der Waals surface area (Å²) < 4.78 is 5.92. The summed E-state index contributed by atoms with van der Waals surface area (Å²) in [6.07, 6.45) is 1.97. The Kier molecular flexibility index (Phi) is 3.24. The first-order valence-corrected chi connectivity index (χ1v) is 7.67. The Morgan fingerprint density at radius 3 is 2.73 bits per heavy atom. The lowest BCUT2D eigenvalue weighted by atomic mass is 10.0. The number of aryl methyl sites for hydroxylation is 1. The molecule has 2 aromatic rings. The number of hydrazine groups is 2. The molecule has 4 nitrogen and oxygen atoms in total. The summed E-state index contributed by atoms with van der Waals surface area (Å²) in [4.78, 5) is 0. The van der Waals surface area contributed by atoms with Gasteiger partial charge in [-0.3, -0.25) is 5.01 Å². The number of fused-ring (bicyclic) bond motifs is 2. The highest BCUT2D eigenvalue weighted by molar-refractivity contribution is 5.84. The molecule has 4 heteroatoms. The number of allylic oxidation sites excluding steroid dienone is 1. The monoisotopic (exact) mass is 293 g/mol. The van der Waals surface area contributed by atoms with E-state index in [9.17, 15) is 0 Å². The van der Waals surface area contributed by atoms with E-state index in [1.165, 1.54) is 11.3 Å². The normalized spacial score (nSPS) is 17.0. The minimum Gasteiger partial charge on any atom is -0.493 e. The molecular formula is C18H19N3O. The van der Waals surface area contributed by atoms with Crippen LogP contribution in [0, 0.1) is 6.92 Å². The molecule has 0 radical (unpaired) electrons. The van der Waals surface area contributed by atoms with E-state index in [1.807, 2.05) is 12.1 Å². The molecule has 4 rings (SSSR count). The molecule has 22 heavy (non-hydrogen) atoms. The number of para-hydroxylation sites is 1. The Labute approximate surface area is 130 Å². The van der Waals surface area contributed by atoms with Gasteiger partial charge in [-0.2, -0.15) is 0 Å². The van der Waals surface area contributed by atoms with Gasteiger partial charge < -0.3 is 10.2 Å². The molecule has 0 saturated carbocycles. The molecule has 112 valence electrons. The molecule has 0 aliphatic carbocycles. The molecule has 2 N–H and O–H groups in total. The highest BCUT2D eigenvalue weighted by Gasteiger charge is 2.27. The maximum absolute atomic E-state index is 5.92. The van der Waals surface area contributed by atoms with Gasteiger partial charge in [0.1, 0.15) is 5.75 Å². The van der Waals surface area contributed by atoms with E-state index in [0.29, 0.717) is 0 Å². The summed E-state index contributed by atoms with van der Waals surface area (Å²) in [6.45, 7) is 2.85. The van der Waals surface area contributed by atoms with E-state index in [0.717, 1.165) is 42.1 Å². The van der Waals surface area contributed by atoms with Crippen molar-refractivity contribution in [3.63, 3.8) is 0 Å². The molecule has 2 aromatic carbocycles. The van der Waals surface area contributed by atoms with Gasteiger partial charge in [-0.05, 0) is 44.0 Å². The third kappa shape index (κ3) is 2.22. The standard InChI is InChI=1S/C18H19N3O/c1-13-8-10-14(11-9-13)21-18-15-5-2-3-7-17(15)22-12-4-6-16(18)19-20-21/h2-3,5,7-11,19-20H,4,6,12H2,1H3. The van der Waals surface area contributed by atoms with Crippen LogP contribution in [0.4, 0.5) is 5.69 Å². The molecular weight excluding hydrogens is 274 g/mol. The predicted octanol–water partition coefficient (Wildman–Crippen LogP) is 3.37. The van der Waals surface area contributed by atoms with E-state index < -0.39 is 0 Å². The van der Waals surface area contributed by atoms with Gasteiger partial charge in [-0.25, -0.2) is 0 Å². The molecule has 0 saturated heterocycles. The molecule has 0 aromatic heterocycles. The van der Waals surface area contributed by atoms with Gasteiger partial charge in [0.2, 0.25) is 0 Å². The van der Waals surface area contributed by atoms with Crippen LogP contribution in [0.15, 0.2) is 54.2 Å². The number of nitrogens with zero attached hydrogens (tertiary/aromatic N) is 1. The Balaban J connectivity index is 1.82. The first-order chi connectivity index (χ1) is 10.8. The second kappa shape index (κ2) is 5.39. The minimum atomic E-state index is 0.750. The van der Waals surface area contributed by atoms with Crippen molar-refractivity contribution in [1.82, 2.24) is 11.0 Å². The number of hydrogen-bond donors (Lipinski definition) is 2. The van der Waals surface area contributed by atoms with Crippen LogP contribution < -0.4 is 20.7 Å². The lowest BCUT2D eigenvalue weighted by Crippen LogP contribution is -2.37. The van der Waals surface area contributed by atoms with Gasteiger partial charge >= 0.3 is 0 Å². The van der Waals surface area contributed by atoms with Crippen LogP contribution >= 0.6 is 0 Å². The van der Waals surface area contributed by atoms with Crippen LogP contribution in [-0.2, 0) is 0 Å². The maximum atomic E-state index is 5.92. The van der Waals surface area contributed by atoms with Crippen molar-refractivity contribution in [2.45, 2.75) is 19.8 Å². The van der Waals surface area contributed by atoms with Gasteiger partial charge in [0.25, 0.3) is 0 Å². The Morgan fingerprint density at radius 2 is 1.86 bits per heavy atom. The van der Waals surface area contributed by atoms with E-state index in [2.05, 4.69) is 59.3 Å². The highest BCUT2D eigenvalue weighted by Crippen LogP contribution is 2.37. The topological polar surface area (TPSA) is 36.5 Å². The van der Waals surface area contributed by atoms with Gasteiger partial charge in [-0.15, -0.1) is 5.53 Å². The van der Waals surface area contributed by atoms with Crippen molar-refractivity contribution in [2.75, 3.05) is 11.6 Å². The number of ether oxygens (including phenoxy) is 1. The fraction of sp³-hybridized carbons (Fsp3) is 0.222. The smallest absolute Gasteiger partial charge is 0.128 e. The van der Waals surface area contributed by atoms with Crippen molar-refractivity contribution in [3.8, 4) is 5.75 Å². The minimum absolute atomic E-state index is 0.750. The number of rotatable bonds is 1. The Bertz CT molecular complexity index is 721. The second-order valence-corrected chi connectivity index (χ2v) is 5.68. The van der Waals surface area contributed by atoms with E-state index in [4.69, 9.17) is 4.74 Å². The summed E-state index contributed by atoms with van der Waals surface area (Å²) in [5.74, 6) is 0.942. The molecule has 0 fully saturated rings. The highest BCUT2D eigenvalue weighted by atomic mass is 16.5. The van der Waals surface area contributed by atoms with Gasteiger partial charge in [0.15, 0.2) is 0 Å². The molecule has 0 bridgehead atoms. The summed E-state index contributed by atoms with van der Waals surface area (Å²) >= 11 is 0. The Morgan fingerprint density at radius 1 is 1.05 bits per heavy atom. The number of hydrogen-bond acceptors (Lipinski definition) is 4. The molecule has 0 atom stereocenters. The first kappa shape index (κ1) is 13.2. The maximum Gasteiger partial charge on any atom is 0.128 e. The van der Waals surface area contributed by atoms with Crippen LogP contribution in [0.1, 0.15) is 24.0 Å². The van der Waals surface area contributed by atoms with Crippen molar-refractivity contribution < 1.29 is 4.74 Å². The van der Waals surface area contributed by atoms with Gasteiger partial charge in [0.05, 0.1) is 23.7 Å². The fourth-order valence-corrected chi connectivity index (χ4v) is 2.94. The van der Waals surface area contributed by atoms with Crippen molar-refractivity contribution in [2.24, 2.45) is 0 Å². The number of benzene rings is 2. The van der Waals surface area contributed by atoms with Crippen LogP contribution in [0.3, 0.4) is 0 Å². The SMILES string of the molecule is Cc1ccc(N2NNC3=C2c2ccccc2OCCC3)cc1. The van der Waals surface area contributed by atoms with Crippen LogP contribution in [0.5, 0.6) is 5.75 Å². The largest absolute Gasteiger partial charge is 0.493 e. The third-order valence-electron chi connectivity index (χ3n) is 4.09. The molecule has 0 amide bonds. The lowest BCUT2D eigenvalue weighted by Gasteiger charge is -2.24. The zero-order valence-electron chi connectivity index (χ0n) is 12.6. The quantitative estimate of drug-likeness (QED) is 0.845. The zero-order valence-corrected chi connectivity index (χ0v) is 12.6. The molecule has 2 aliphatic heterocycles. The summed E-state index contributed by atoms with van der Waals surface area (Å²) in [6, 6.07) is 16.7. The molecule has 2 heterocycles. The Hall–Kier alpha value is -2.46. The van der Waals surface area contributed by atoms with Crippen LogP contribution in [0.25, 0.3) is 5.70 Å². The molecule has 2 aliphatic rings.